The maximum atomic E-state index is 12.9. The molecule has 6 heteroatoms. The number of aromatic nitrogens is 1. The zero-order valence-electron chi connectivity index (χ0n) is 15.7. The molecule has 1 saturated heterocycles. The minimum Gasteiger partial charge on any atom is -0.448 e. The van der Waals surface area contributed by atoms with Crippen LogP contribution in [-0.2, 0) is 11.2 Å². The summed E-state index contributed by atoms with van der Waals surface area (Å²) in [5.41, 5.74) is 3.22. The van der Waals surface area contributed by atoms with E-state index >= 15 is 0 Å². The Morgan fingerprint density at radius 3 is 2.57 bits per heavy atom. The van der Waals surface area contributed by atoms with Crippen molar-refractivity contribution < 1.29 is 14.0 Å². The van der Waals surface area contributed by atoms with Gasteiger partial charge in [0.25, 0.3) is 5.91 Å². The van der Waals surface area contributed by atoms with Crippen LogP contribution in [0, 0.1) is 0 Å². The predicted octanol–water partition coefficient (Wildman–Crippen LogP) is 3.39. The third kappa shape index (κ3) is 3.29. The van der Waals surface area contributed by atoms with Gasteiger partial charge < -0.3 is 14.2 Å². The lowest BCUT2D eigenvalue weighted by atomic mass is 10.0. The largest absolute Gasteiger partial charge is 0.448 e. The Bertz CT molecular complexity index is 997. The molecule has 1 aliphatic heterocycles. The van der Waals surface area contributed by atoms with Gasteiger partial charge in [0.05, 0.1) is 5.69 Å². The number of anilines is 1. The highest BCUT2D eigenvalue weighted by Gasteiger charge is 2.31. The summed E-state index contributed by atoms with van der Waals surface area (Å²) in [4.78, 5) is 33.0. The Kier molecular flexibility index (Phi) is 4.93. The molecular formula is C22H21N3O3. The minimum atomic E-state index is -0.255. The summed E-state index contributed by atoms with van der Waals surface area (Å²) in [5.74, 6) is 0.189. The summed E-state index contributed by atoms with van der Waals surface area (Å²) in [6, 6.07) is 17.8. The summed E-state index contributed by atoms with van der Waals surface area (Å²) in [5, 5.41) is 0. The number of oxazole rings is 1. The molecule has 1 aromatic heterocycles. The molecule has 2 amide bonds. The normalized spacial score (nSPS) is 14.4. The number of hydrogen-bond donors (Lipinski definition) is 0. The zero-order chi connectivity index (χ0) is 19.5. The van der Waals surface area contributed by atoms with Crippen molar-refractivity contribution in [3.63, 3.8) is 0 Å². The summed E-state index contributed by atoms with van der Waals surface area (Å²) in [6.07, 6.45) is 1.86. The predicted molar refractivity (Wildman–Crippen MR) is 106 cm³/mol. The van der Waals surface area contributed by atoms with Crippen molar-refractivity contribution in [3.05, 3.63) is 72.4 Å². The molecule has 2 aromatic carbocycles. The van der Waals surface area contributed by atoms with Gasteiger partial charge in [-0.2, -0.15) is 0 Å². The molecule has 142 valence electrons. The van der Waals surface area contributed by atoms with Gasteiger partial charge in [-0.15, -0.1) is 0 Å². The van der Waals surface area contributed by atoms with Gasteiger partial charge in [-0.3, -0.25) is 9.59 Å². The molecule has 0 spiro atoms. The molecule has 0 N–H and O–H groups in total. The van der Waals surface area contributed by atoms with Crippen LogP contribution in [0.3, 0.4) is 0 Å². The number of carbonyl (C=O) groups excluding carboxylic acids is 2. The van der Waals surface area contributed by atoms with Crippen LogP contribution in [0.25, 0.3) is 11.1 Å². The molecule has 0 aliphatic carbocycles. The van der Waals surface area contributed by atoms with Crippen LogP contribution in [0.4, 0.5) is 5.69 Å². The third-order valence-electron chi connectivity index (χ3n) is 4.95. The van der Waals surface area contributed by atoms with E-state index in [0.717, 1.165) is 16.8 Å². The van der Waals surface area contributed by atoms with Crippen molar-refractivity contribution in [2.24, 2.45) is 0 Å². The maximum Gasteiger partial charge on any atom is 0.276 e. The number of benzene rings is 2. The average Bonchev–Trinajstić information content (AvgIpc) is 3.23. The molecule has 6 nitrogen and oxygen atoms in total. The zero-order valence-corrected chi connectivity index (χ0v) is 15.7. The highest BCUT2D eigenvalue weighted by molar-refractivity contribution is 6.03. The fourth-order valence-electron chi connectivity index (χ4n) is 3.52. The SMILES string of the molecule is CCc1ocnc1C(=O)N1CCN(c2ccccc2-c2ccccc2)C(=O)C1. The lowest BCUT2D eigenvalue weighted by Gasteiger charge is -2.35. The van der Waals surface area contributed by atoms with E-state index in [1.807, 2.05) is 61.5 Å². The fraction of sp³-hybridized carbons (Fsp3) is 0.227. The van der Waals surface area contributed by atoms with E-state index < -0.39 is 0 Å². The van der Waals surface area contributed by atoms with E-state index in [4.69, 9.17) is 4.42 Å². The summed E-state index contributed by atoms with van der Waals surface area (Å²) < 4.78 is 5.25. The van der Waals surface area contributed by atoms with Gasteiger partial charge in [0.2, 0.25) is 5.91 Å². The molecule has 1 fully saturated rings. The van der Waals surface area contributed by atoms with Crippen molar-refractivity contribution in [1.29, 1.82) is 0 Å². The van der Waals surface area contributed by atoms with E-state index in [0.29, 0.717) is 31.0 Å². The lowest BCUT2D eigenvalue weighted by Crippen LogP contribution is -2.52. The average molecular weight is 375 g/mol. The second-order valence-corrected chi connectivity index (χ2v) is 6.63. The van der Waals surface area contributed by atoms with Crippen molar-refractivity contribution in [2.45, 2.75) is 13.3 Å². The highest BCUT2D eigenvalue weighted by Crippen LogP contribution is 2.31. The number of carbonyl (C=O) groups is 2. The minimum absolute atomic E-state index is 0.0258. The topological polar surface area (TPSA) is 66.7 Å². The molecule has 2 heterocycles. The molecule has 0 radical (unpaired) electrons. The number of nitrogens with zero attached hydrogens (tertiary/aromatic N) is 3. The Morgan fingerprint density at radius 1 is 1.07 bits per heavy atom. The first-order valence-electron chi connectivity index (χ1n) is 9.35. The van der Waals surface area contributed by atoms with Crippen LogP contribution in [0.2, 0.25) is 0 Å². The van der Waals surface area contributed by atoms with Gasteiger partial charge in [-0.25, -0.2) is 4.98 Å². The molecule has 0 saturated carbocycles. The second kappa shape index (κ2) is 7.68. The number of hydrogen-bond acceptors (Lipinski definition) is 4. The monoisotopic (exact) mass is 375 g/mol. The van der Waals surface area contributed by atoms with E-state index in [1.165, 1.54) is 6.39 Å². The first kappa shape index (κ1) is 18.0. The van der Waals surface area contributed by atoms with E-state index in [2.05, 4.69) is 4.98 Å². The van der Waals surface area contributed by atoms with E-state index in [1.54, 1.807) is 9.80 Å². The number of rotatable bonds is 4. The first-order chi connectivity index (χ1) is 13.7. The van der Waals surface area contributed by atoms with Crippen molar-refractivity contribution in [1.82, 2.24) is 9.88 Å². The highest BCUT2D eigenvalue weighted by atomic mass is 16.3. The van der Waals surface area contributed by atoms with Gasteiger partial charge >= 0.3 is 0 Å². The van der Waals surface area contributed by atoms with Gasteiger partial charge in [0.1, 0.15) is 12.3 Å². The number of amides is 2. The summed E-state index contributed by atoms with van der Waals surface area (Å²) >= 11 is 0. The van der Waals surface area contributed by atoms with E-state index in [-0.39, 0.29) is 18.4 Å². The number of para-hydroxylation sites is 1. The van der Waals surface area contributed by atoms with Crippen LogP contribution >= 0.6 is 0 Å². The number of piperazine rings is 1. The number of aryl methyl sites for hydroxylation is 1. The van der Waals surface area contributed by atoms with Crippen LogP contribution < -0.4 is 4.90 Å². The Balaban J connectivity index is 1.56. The molecule has 1 aliphatic rings. The standard InChI is InChI=1S/C22H21N3O3/c1-2-19-21(23-15-28-19)22(27)24-12-13-25(20(26)14-24)18-11-7-6-10-17(18)16-8-4-3-5-9-16/h3-11,15H,2,12-14H2,1H3. The first-order valence-corrected chi connectivity index (χ1v) is 9.35. The van der Waals surface area contributed by atoms with Gasteiger partial charge in [-0.05, 0) is 11.6 Å². The Morgan fingerprint density at radius 2 is 1.82 bits per heavy atom. The summed E-state index contributed by atoms with van der Waals surface area (Å²) in [7, 11) is 0. The lowest BCUT2D eigenvalue weighted by molar-refractivity contribution is -0.120. The van der Waals surface area contributed by atoms with E-state index in [9.17, 15) is 9.59 Å². The van der Waals surface area contributed by atoms with Gasteiger partial charge in [-0.1, -0.05) is 55.5 Å². The smallest absolute Gasteiger partial charge is 0.276 e. The van der Waals surface area contributed by atoms with Crippen LogP contribution in [0.15, 0.2) is 65.4 Å². The molecule has 0 bridgehead atoms. The van der Waals surface area contributed by atoms with Crippen LogP contribution in [0.5, 0.6) is 0 Å². The maximum absolute atomic E-state index is 12.9. The quantitative estimate of drug-likeness (QED) is 0.701. The molecule has 28 heavy (non-hydrogen) atoms. The van der Waals surface area contributed by atoms with Crippen molar-refractivity contribution in [3.8, 4) is 11.1 Å². The fourth-order valence-corrected chi connectivity index (χ4v) is 3.52. The molecule has 4 rings (SSSR count). The van der Waals surface area contributed by atoms with Crippen LogP contribution in [0.1, 0.15) is 23.2 Å². The Hall–Kier alpha value is -3.41. The second-order valence-electron chi connectivity index (χ2n) is 6.63. The van der Waals surface area contributed by atoms with Crippen LogP contribution in [-0.4, -0.2) is 41.3 Å². The molecule has 3 aromatic rings. The third-order valence-corrected chi connectivity index (χ3v) is 4.95. The Labute approximate surface area is 163 Å². The van der Waals surface area contributed by atoms with Crippen molar-refractivity contribution >= 4 is 17.5 Å². The van der Waals surface area contributed by atoms with Crippen molar-refractivity contribution in [2.75, 3.05) is 24.5 Å². The molecule has 0 unspecified atom stereocenters. The van der Waals surface area contributed by atoms with Gasteiger partial charge in [0.15, 0.2) is 12.1 Å². The molecule has 0 atom stereocenters. The molecular weight excluding hydrogens is 354 g/mol. The van der Waals surface area contributed by atoms with Gasteiger partial charge in [0, 0.05) is 25.1 Å². The summed E-state index contributed by atoms with van der Waals surface area (Å²) in [6.45, 7) is 2.82.